The van der Waals surface area contributed by atoms with Crippen LogP contribution in [0.3, 0.4) is 0 Å². The Morgan fingerprint density at radius 3 is 2.62 bits per heavy atom. The molecule has 1 amide bonds. The molecule has 2 aromatic rings. The first-order chi connectivity index (χ1) is 12.5. The van der Waals surface area contributed by atoms with E-state index in [4.69, 9.17) is 32.7 Å². The summed E-state index contributed by atoms with van der Waals surface area (Å²) < 4.78 is 10.4. The van der Waals surface area contributed by atoms with Crippen LogP contribution < -0.4 is 20.1 Å². The average molecular weight is 396 g/mol. The molecule has 26 heavy (non-hydrogen) atoms. The molecule has 0 fully saturated rings. The number of methoxy groups -OCH3 is 2. The zero-order chi connectivity index (χ0) is 18.9. The highest BCUT2D eigenvalue weighted by Crippen LogP contribution is 2.28. The number of nitrogens with zero attached hydrogens (tertiary/aromatic N) is 1. The van der Waals surface area contributed by atoms with Crippen molar-refractivity contribution in [1.29, 1.82) is 0 Å². The van der Waals surface area contributed by atoms with Gasteiger partial charge >= 0.3 is 0 Å². The van der Waals surface area contributed by atoms with E-state index in [9.17, 15) is 4.79 Å². The number of aromatic nitrogens is 1. The molecule has 8 heteroatoms. The molecule has 1 aromatic carbocycles. The van der Waals surface area contributed by atoms with Crippen LogP contribution in [0.5, 0.6) is 11.5 Å². The maximum atomic E-state index is 11.9. The first-order valence-electron chi connectivity index (χ1n) is 7.76. The molecule has 0 aliphatic rings. The Balaban J connectivity index is 1.80. The van der Waals surface area contributed by atoms with Crippen LogP contribution in [-0.2, 0) is 4.79 Å². The van der Waals surface area contributed by atoms with E-state index in [0.717, 1.165) is 5.56 Å². The average Bonchev–Trinajstić information content (AvgIpc) is 2.64. The second-order valence-corrected chi connectivity index (χ2v) is 5.99. The van der Waals surface area contributed by atoms with Gasteiger partial charge in [-0.15, -0.1) is 0 Å². The number of carbonyl (C=O) groups is 1. The Morgan fingerprint density at radius 2 is 1.92 bits per heavy atom. The quantitative estimate of drug-likeness (QED) is 0.527. The molecule has 2 rings (SSSR count). The van der Waals surface area contributed by atoms with Crippen LogP contribution in [-0.4, -0.2) is 38.2 Å². The lowest BCUT2D eigenvalue weighted by atomic mass is 10.2. The number of nitrogens with one attached hydrogen (secondary N) is 2. The summed E-state index contributed by atoms with van der Waals surface area (Å²) in [5, 5.41) is 6.68. The maximum absolute atomic E-state index is 11.9. The minimum absolute atomic E-state index is 0.211. The number of carbonyl (C=O) groups excluding carboxylic acids is 1. The van der Waals surface area contributed by atoms with Gasteiger partial charge in [-0.2, -0.15) is 0 Å². The highest BCUT2D eigenvalue weighted by atomic mass is 35.5. The van der Waals surface area contributed by atoms with Gasteiger partial charge in [0.05, 0.1) is 24.3 Å². The molecule has 0 bridgehead atoms. The van der Waals surface area contributed by atoms with Gasteiger partial charge in [0.2, 0.25) is 5.91 Å². The smallest absolute Gasteiger partial charge is 0.244 e. The van der Waals surface area contributed by atoms with Crippen LogP contribution >= 0.6 is 23.2 Å². The lowest BCUT2D eigenvalue weighted by Crippen LogP contribution is -2.27. The van der Waals surface area contributed by atoms with Crippen molar-refractivity contribution in [2.75, 3.05) is 32.6 Å². The number of ether oxygens (including phenoxy) is 2. The third-order valence-corrected chi connectivity index (χ3v) is 3.85. The number of hydrogen-bond donors (Lipinski definition) is 2. The van der Waals surface area contributed by atoms with Crippen molar-refractivity contribution >= 4 is 41.0 Å². The van der Waals surface area contributed by atoms with E-state index in [-0.39, 0.29) is 5.91 Å². The molecule has 0 aliphatic carbocycles. The predicted molar refractivity (Wildman–Crippen MR) is 104 cm³/mol. The molecule has 0 atom stereocenters. The molecule has 0 aliphatic heterocycles. The Labute approximate surface area is 162 Å². The summed E-state index contributed by atoms with van der Waals surface area (Å²) in [6.07, 6.45) is 4.65. The summed E-state index contributed by atoms with van der Waals surface area (Å²) in [5.41, 5.74) is 0.827. The highest BCUT2D eigenvalue weighted by Gasteiger charge is 2.04. The molecular weight excluding hydrogens is 377 g/mol. The molecule has 0 unspecified atom stereocenters. The number of hydrogen-bond acceptors (Lipinski definition) is 5. The number of halogens is 2. The van der Waals surface area contributed by atoms with Crippen molar-refractivity contribution in [3.05, 3.63) is 52.1 Å². The standard InChI is InChI=1S/C18H19Cl2N3O3/c1-25-15-5-3-12(9-16(15)26-2)4-6-17(24)21-7-8-22-18-14(20)10-13(19)11-23-18/h3-6,9-11H,7-8H2,1-2H3,(H,21,24)(H,22,23). The summed E-state index contributed by atoms with van der Waals surface area (Å²) in [7, 11) is 3.13. The third-order valence-electron chi connectivity index (χ3n) is 3.36. The first kappa shape index (κ1) is 19.9. The van der Waals surface area contributed by atoms with Gasteiger partial charge in [-0.3, -0.25) is 4.79 Å². The van der Waals surface area contributed by atoms with E-state index in [1.165, 1.54) is 12.3 Å². The van der Waals surface area contributed by atoms with Gasteiger partial charge in [0.25, 0.3) is 0 Å². The van der Waals surface area contributed by atoms with E-state index in [1.54, 1.807) is 38.5 Å². The van der Waals surface area contributed by atoms with Crippen molar-refractivity contribution in [3.8, 4) is 11.5 Å². The number of pyridine rings is 1. The fourth-order valence-electron chi connectivity index (χ4n) is 2.10. The zero-order valence-corrected chi connectivity index (χ0v) is 15.9. The zero-order valence-electron chi connectivity index (χ0n) is 14.4. The van der Waals surface area contributed by atoms with Crippen molar-refractivity contribution in [2.24, 2.45) is 0 Å². The fraction of sp³-hybridized carbons (Fsp3) is 0.222. The number of amides is 1. The Hall–Kier alpha value is -2.44. The van der Waals surface area contributed by atoms with Crippen LogP contribution in [0.4, 0.5) is 5.82 Å². The third kappa shape index (κ3) is 5.82. The van der Waals surface area contributed by atoms with Crippen molar-refractivity contribution in [1.82, 2.24) is 10.3 Å². The Kier molecular flexibility index (Phi) is 7.56. The van der Waals surface area contributed by atoms with Crippen LogP contribution in [0.1, 0.15) is 5.56 Å². The van der Waals surface area contributed by atoms with Crippen LogP contribution in [0.15, 0.2) is 36.5 Å². The van der Waals surface area contributed by atoms with E-state index in [0.29, 0.717) is 40.5 Å². The van der Waals surface area contributed by atoms with E-state index in [1.807, 2.05) is 6.07 Å². The largest absolute Gasteiger partial charge is 0.493 e. The SMILES string of the molecule is COc1ccc(C=CC(=O)NCCNc2ncc(Cl)cc2Cl)cc1OC. The molecule has 0 saturated carbocycles. The molecule has 0 spiro atoms. The predicted octanol–water partition coefficient (Wildman–Crippen LogP) is 3.65. The lowest BCUT2D eigenvalue weighted by Gasteiger charge is -2.08. The summed E-state index contributed by atoms with van der Waals surface area (Å²) in [6, 6.07) is 7.01. The Morgan fingerprint density at radius 1 is 1.15 bits per heavy atom. The van der Waals surface area contributed by atoms with E-state index < -0.39 is 0 Å². The summed E-state index contributed by atoms with van der Waals surface area (Å²) in [5.74, 6) is 1.55. The number of benzene rings is 1. The molecule has 6 nitrogen and oxygen atoms in total. The van der Waals surface area contributed by atoms with Crippen LogP contribution in [0, 0.1) is 0 Å². The van der Waals surface area contributed by atoms with Gasteiger partial charge in [-0.1, -0.05) is 29.3 Å². The van der Waals surface area contributed by atoms with Gasteiger partial charge in [-0.25, -0.2) is 4.98 Å². The first-order valence-corrected chi connectivity index (χ1v) is 8.52. The molecule has 1 heterocycles. The molecule has 0 saturated heterocycles. The second kappa shape index (κ2) is 9.89. The maximum Gasteiger partial charge on any atom is 0.244 e. The van der Waals surface area contributed by atoms with Crippen molar-refractivity contribution in [2.45, 2.75) is 0 Å². The fourth-order valence-corrected chi connectivity index (χ4v) is 2.55. The minimum Gasteiger partial charge on any atom is -0.493 e. The van der Waals surface area contributed by atoms with Gasteiger partial charge < -0.3 is 20.1 Å². The molecule has 0 radical (unpaired) electrons. The molecular formula is C18H19Cl2N3O3. The lowest BCUT2D eigenvalue weighted by molar-refractivity contribution is -0.116. The Bertz CT molecular complexity index is 797. The highest BCUT2D eigenvalue weighted by molar-refractivity contribution is 6.35. The molecule has 1 aromatic heterocycles. The number of rotatable bonds is 8. The van der Waals surface area contributed by atoms with Gasteiger partial charge in [0, 0.05) is 25.4 Å². The van der Waals surface area contributed by atoms with Crippen molar-refractivity contribution in [3.63, 3.8) is 0 Å². The van der Waals surface area contributed by atoms with Crippen LogP contribution in [0.25, 0.3) is 6.08 Å². The second-order valence-electron chi connectivity index (χ2n) is 5.15. The van der Waals surface area contributed by atoms with Gasteiger partial charge in [0.1, 0.15) is 5.82 Å². The monoisotopic (exact) mass is 395 g/mol. The number of anilines is 1. The normalized spacial score (nSPS) is 10.6. The van der Waals surface area contributed by atoms with E-state index >= 15 is 0 Å². The molecule has 2 N–H and O–H groups in total. The van der Waals surface area contributed by atoms with Gasteiger partial charge in [-0.05, 0) is 29.8 Å². The van der Waals surface area contributed by atoms with E-state index in [2.05, 4.69) is 15.6 Å². The topological polar surface area (TPSA) is 72.5 Å². The summed E-state index contributed by atoms with van der Waals surface area (Å²) in [6.45, 7) is 0.889. The summed E-state index contributed by atoms with van der Waals surface area (Å²) in [4.78, 5) is 16.0. The van der Waals surface area contributed by atoms with Crippen molar-refractivity contribution < 1.29 is 14.3 Å². The van der Waals surface area contributed by atoms with Gasteiger partial charge in [0.15, 0.2) is 11.5 Å². The molecule has 138 valence electrons. The minimum atomic E-state index is -0.211. The van der Waals surface area contributed by atoms with Crippen LogP contribution in [0.2, 0.25) is 10.0 Å². The summed E-state index contributed by atoms with van der Waals surface area (Å²) >= 11 is 11.8.